The largest absolute Gasteiger partial charge is 0.338 e. The topological polar surface area (TPSA) is 37.6 Å². The molecule has 3 aromatic carbocycles. The van der Waals surface area contributed by atoms with Crippen molar-refractivity contribution in [3.63, 3.8) is 0 Å². The maximum absolute atomic E-state index is 13.4. The molecule has 0 saturated heterocycles. The zero-order valence-corrected chi connectivity index (χ0v) is 17.9. The van der Waals surface area contributed by atoms with Gasteiger partial charge in [-0.2, -0.15) is 0 Å². The third kappa shape index (κ3) is 4.31. The molecule has 1 aromatic heterocycles. The van der Waals surface area contributed by atoms with Gasteiger partial charge in [-0.15, -0.1) is 0 Å². The maximum atomic E-state index is 13.4. The van der Waals surface area contributed by atoms with Gasteiger partial charge < -0.3 is 4.90 Å². The van der Waals surface area contributed by atoms with Gasteiger partial charge in [-0.3, -0.25) is 9.69 Å². The van der Waals surface area contributed by atoms with E-state index in [-0.39, 0.29) is 5.91 Å². The molecule has 1 amide bonds. The lowest BCUT2D eigenvalue weighted by Gasteiger charge is -2.21. The molecule has 1 N–H and O–H groups in total. The van der Waals surface area contributed by atoms with E-state index in [1.807, 2.05) is 29.2 Å². The van der Waals surface area contributed by atoms with E-state index in [0.717, 1.165) is 38.2 Å². The summed E-state index contributed by atoms with van der Waals surface area (Å²) in [6.07, 6.45) is 0.374. The molecule has 4 rings (SSSR count). The number of aryl methyl sites for hydroxylation is 1. The molecule has 148 valence electrons. The number of hydrogen-bond acceptors (Lipinski definition) is 3. The Kier molecular flexibility index (Phi) is 5.60. The molecule has 0 aliphatic carbocycles. The number of carbonyl (C=O) groups is 1. The van der Waals surface area contributed by atoms with Gasteiger partial charge in [0.25, 0.3) is 0 Å². The summed E-state index contributed by atoms with van der Waals surface area (Å²) in [6, 6.07) is 20.7. The summed E-state index contributed by atoms with van der Waals surface area (Å²) >= 11 is 1.60. The summed E-state index contributed by atoms with van der Waals surface area (Å²) in [5.74, 6) is 0.0957. The van der Waals surface area contributed by atoms with Gasteiger partial charge in [-0.1, -0.05) is 59.9 Å². The van der Waals surface area contributed by atoms with Gasteiger partial charge in [0, 0.05) is 0 Å². The minimum atomic E-state index is 0.0957. The highest BCUT2D eigenvalue weighted by atomic mass is 32.1. The normalized spacial score (nSPS) is 11.4. The predicted molar refractivity (Wildman–Crippen MR) is 122 cm³/mol. The average Bonchev–Trinajstić information content (AvgIpc) is 3.11. The van der Waals surface area contributed by atoms with Crippen molar-refractivity contribution in [3.8, 4) is 0 Å². The molecule has 0 aliphatic rings. The number of benzene rings is 3. The molecule has 5 heteroatoms. The lowest BCUT2D eigenvalue weighted by molar-refractivity contribution is -0.856. The Morgan fingerprint density at radius 2 is 1.86 bits per heavy atom. The Labute approximate surface area is 175 Å². The number of thiazole rings is 1. The smallest absolute Gasteiger partial charge is 0.233 e. The lowest BCUT2D eigenvalue weighted by Crippen LogP contribution is -3.06. The van der Waals surface area contributed by atoms with E-state index < -0.39 is 0 Å². The number of rotatable bonds is 6. The third-order valence-electron chi connectivity index (χ3n) is 5.12. The molecular formula is C24H26N3OS+. The van der Waals surface area contributed by atoms with Crippen molar-refractivity contribution in [2.75, 3.05) is 32.1 Å². The van der Waals surface area contributed by atoms with Gasteiger partial charge in [-0.05, 0) is 41.0 Å². The molecule has 0 radical (unpaired) electrons. The van der Waals surface area contributed by atoms with Crippen LogP contribution in [0.1, 0.15) is 11.1 Å². The van der Waals surface area contributed by atoms with E-state index in [2.05, 4.69) is 57.4 Å². The van der Waals surface area contributed by atoms with E-state index >= 15 is 0 Å². The molecule has 0 aliphatic heterocycles. The monoisotopic (exact) mass is 404 g/mol. The molecule has 1 heterocycles. The van der Waals surface area contributed by atoms with Crippen LogP contribution in [0.4, 0.5) is 5.13 Å². The van der Waals surface area contributed by atoms with Crippen LogP contribution in [-0.2, 0) is 11.2 Å². The highest BCUT2D eigenvalue weighted by Gasteiger charge is 2.21. The van der Waals surface area contributed by atoms with Gasteiger partial charge in [0.05, 0.1) is 43.8 Å². The van der Waals surface area contributed by atoms with Crippen LogP contribution in [0.5, 0.6) is 0 Å². The summed E-state index contributed by atoms with van der Waals surface area (Å²) in [5.41, 5.74) is 3.22. The number of quaternary nitrogens is 1. The summed E-state index contributed by atoms with van der Waals surface area (Å²) in [5, 5.41) is 3.09. The molecule has 0 bridgehead atoms. The molecule has 0 unspecified atom stereocenters. The molecule has 29 heavy (non-hydrogen) atoms. The van der Waals surface area contributed by atoms with E-state index in [1.165, 1.54) is 10.5 Å². The first-order valence-electron chi connectivity index (χ1n) is 9.94. The molecule has 0 atom stereocenters. The van der Waals surface area contributed by atoms with Crippen LogP contribution in [0, 0.1) is 6.92 Å². The number of fused-ring (bicyclic) bond motifs is 2. The van der Waals surface area contributed by atoms with Crippen molar-refractivity contribution in [1.82, 2.24) is 4.98 Å². The van der Waals surface area contributed by atoms with Gasteiger partial charge in [0.15, 0.2) is 5.13 Å². The Hall–Kier alpha value is -2.76. The fourth-order valence-electron chi connectivity index (χ4n) is 3.50. The van der Waals surface area contributed by atoms with Gasteiger partial charge in [0.1, 0.15) is 0 Å². The Morgan fingerprint density at radius 3 is 2.69 bits per heavy atom. The van der Waals surface area contributed by atoms with Crippen molar-refractivity contribution in [2.45, 2.75) is 13.3 Å². The highest BCUT2D eigenvalue weighted by Crippen LogP contribution is 2.30. The second kappa shape index (κ2) is 8.31. The zero-order chi connectivity index (χ0) is 20.4. The number of aromatic nitrogens is 1. The summed E-state index contributed by atoms with van der Waals surface area (Å²) in [4.78, 5) is 21.3. The zero-order valence-electron chi connectivity index (χ0n) is 17.1. The van der Waals surface area contributed by atoms with Crippen molar-refractivity contribution < 1.29 is 9.69 Å². The van der Waals surface area contributed by atoms with Crippen molar-refractivity contribution in [2.24, 2.45) is 0 Å². The summed E-state index contributed by atoms with van der Waals surface area (Å²) in [6.45, 7) is 3.61. The van der Waals surface area contributed by atoms with Crippen molar-refractivity contribution in [1.29, 1.82) is 0 Å². The summed E-state index contributed by atoms with van der Waals surface area (Å²) in [7, 11) is 4.21. The standard InChI is InChI=1S/C24H25N3OS/c1-17-11-12-21-22(15-17)29-24(25-21)27(14-13-26(2)3)23(28)16-19-9-6-8-18-7-4-5-10-20(18)19/h4-12,15H,13-14,16H2,1-3H3/p+1. The SMILES string of the molecule is Cc1ccc2nc(N(CC[NH+](C)C)C(=O)Cc3cccc4ccccc34)sc2c1. The van der Waals surface area contributed by atoms with Gasteiger partial charge in [0.2, 0.25) is 5.91 Å². The van der Waals surface area contributed by atoms with Crippen LogP contribution in [-0.4, -0.2) is 38.1 Å². The van der Waals surface area contributed by atoms with Crippen LogP contribution in [0.3, 0.4) is 0 Å². The minimum Gasteiger partial charge on any atom is -0.338 e. The number of likely N-dealkylation sites (N-methyl/N-ethyl adjacent to an activating group) is 1. The highest BCUT2D eigenvalue weighted by molar-refractivity contribution is 7.22. The van der Waals surface area contributed by atoms with Crippen molar-refractivity contribution >= 4 is 43.4 Å². The van der Waals surface area contributed by atoms with Crippen molar-refractivity contribution in [3.05, 3.63) is 71.8 Å². The van der Waals surface area contributed by atoms with Crippen LogP contribution < -0.4 is 9.80 Å². The van der Waals surface area contributed by atoms with Crippen LogP contribution in [0.25, 0.3) is 21.0 Å². The molecular weight excluding hydrogens is 378 g/mol. The number of nitrogens with zero attached hydrogens (tertiary/aromatic N) is 2. The second-order valence-electron chi connectivity index (χ2n) is 7.79. The van der Waals surface area contributed by atoms with Crippen LogP contribution in [0.2, 0.25) is 0 Å². The molecule has 0 saturated carbocycles. The van der Waals surface area contributed by atoms with E-state index in [1.54, 1.807) is 11.3 Å². The average molecular weight is 405 g/mol. The maximum Gasteiger partial charge on any atom is 0.233 e. The number of anilines is 1. The lowest BCUT2D eigenvalue weighted by atomic mass is 10.0. The molecule has 4 aromatic rings. The number of amides is 1. The second-order valence-corrected chi connectivity index (χ2v) is 8.79. The first-order chi connectivity index (χ1) is 14.0. The van der Waals surface area contributed by atoms with Crippen LogP contribution >= 0.6 is 11.3 Å². The van der Waals surface area contributed by atoms with Crippen LogP contribution in [0.15, 0.2) is 60.7 Å². The van der Waals surface area contributed by atoms with E-state index in [0.29, 0.717) is 13.0 Å². The van der Waals surface area contributed by atoms with Gasteiger partial charge in [-0.25, -0.2) is 4.98 Å². The fraction of sp³-hybridized carbons (Fsp3) is 0.250. The Morgan fingerprint density at radius 1 is 1.07 bits per heavy atom. The predicted octanol–water partition coefficient (Wildman–Crippen LogP) is 3.48. The molecule has 4 nitrogen and oxygen atoms in total. The minimum absolute atomic E-state index is 0.0957. The number of hydrogen-bond donors (Lipinski definition) is 1. The van der Waals surface area contributed by atoms with E-state index in [4.69, 9.17) is 4.98 Å². The first-order valence-corrected chi connectivity index (χ1v) is 10.8. The Balaban J connectivity index is 1.67. The quantitative estimate of drug-likeness (QED) is 0.534. The molecule has 0 spiro atoms. The number of carbonyl (C=O) groups excluding carboxylic acids is 1. The Bertz CT molecular complexity index is 1160. The number of nitrogens with one attached hydrogen (secondary N) is 1. The molecule has 0 fully saturated rings. The van der Waals surface area contributed by atoms with E-state index in [9.17, 15) is 4.79 Å². The third-order valence-corrected chi connectivity index (χ3v) is 6.16. The first kappa shape index (κ1) is 19.6. The van der Waals surface area contributed by atoms with Gasteiger partial charge >= 0.3 is 0 Å². The fourth-order valence-corrected chi connectivity index (χ4v) is 4.61. The summed E-state index contributed by atoms with van der Waals surface area (Å²) < 4.78 is 1.13.